The van der Waals surface area contributed by atoms with Gasteiger partial charge >= 0.3 is 0 Å². The molecular weight excluding hydrogens is 144 g/mol. The van der Waals surface area contributed by atoms with E-state index >= 15 is 0 Å². The fourth-order valence-electron chi connectivity index (χ4n) is 0.638. The molecule has 0 rings (SSSR count). The van der Waals surface area contributed by atoms with Crippen molar-refractivity contribution in [2.75, 3.05) is 26.3 Å². The fourth-order valence-corrected chi connectivity index (χ4v) is 0.638. The van der Waals surface area contributed by atoms with Crippen molar-refractivity contribution in [2.45, 2.75) is 19.6 Å². The van der Waals surface area contributed by atoms with Gasteiger partial charge in [0.1, 0.15) is 0 Å². The number of hydrogen-bond acceptors (Lipinski definition) is 3. The van der Waals surface area contributed by atoms with Crippen LogP contribution in [-0.4, -0.2) is 32.1 Å². The van der Waals surface area contributed by atoms with Crippen LogP contribution in [0.15, 0.2) is 0 Å². The van der Waals surface area contributed by atoms with Gasteiger partial charge in [-0.15, -0.1) is 5.73 Å². The van der Waals surface area contributed by atoms with E-state index in [0.29, 0.717) is 13.2 Å². The minimum absolute atomic E-state index is 0.00934. The van der Waals surface area contributed by atoms with E-state index in [1.165, 1.54) is 0 Å². The van der Waals surface area contributed by atoms with Gasteiger partial charge < -0.3 is 15.2 Å². The minimum atomic E-state index is -0.637. The second-order valence-electron chi connectivity index (χ2n) is 2.61. The molecule has 0 aromatic heterocycles. The standard InChI is InChI=1S/C7H16N2O2/c1-7(2,10-5-3-8)11-6-4-9/h3-6,8H2,1-2H3. The molecule has 0 aromatic rings. The smallest absolute Gasteiger partial charge is 0.162 e. The van der Waals surface area contributed by atoms with Crippen LogP contribution in [0.2, 0.25) is 0 Å². The molecule has 0 heterocycles. The Morgan fingerprint density at radius 1 is 1.27 bits per heavy atom. The van der Waals surface area contributed by atoms with Gasteiger partial charge in [0.15, 0.2) is 5.79 Å². The second kappa shape index (κ2) is 5.49. The van der Waals surface area contributed by atoms with Crippen LogP contribution < -0.4 is 11.5 Å². The Balaban J connectivity index is 3.43. The normalized spacial score (nSPS) is 12.0. The zero-order valence-electron chi connectivity index (χ0n) is 7.17. The van der Waals surface area contributed by atoms with Crippen LogP contribution in [0.3, 0.4) is 0 Å². The number of rotatable bonds is 6. The number of nitrogens with zero attached hydrogens (tertiary/aromatic N) is 1. The molecule has 0 aliphatic rings. The average Bonchev–Trinajstić information content (AvgIpc) is 1.97. The Labute approximate surface area is 67.8 Å². The summed E-state index contributed by atoms with van der Waals surface area (Å²) in [7, 11) is 0. The van der Waals surface area contributed by atoms with E-state index in [2.05, 4.69) is 0 Å². The number of nitrogens with two attached hydrogens (primary N) is 1. The minimum Gasteiger partial charge on any atom is -0.349 e. The lowest BCUT2D eigenvalue weighted by Gasteiger charge is -2.24. The van der Waals surface area contributed by atoms with Crippen LogP contribution in [0.5, 0.6) is 0 Å². The number of ether oxygens (including phenoxy) is 2. The maximum Gasteiger partial charge on any atom is 0.162 e. The summed E-state index contributed by atoms with van der Waals surface area (Å²) in [5.74, 6) is -0.637. The Morgan fingerprint density at radius 3 is 2.27 bits per heavy atom. The van der Waals surface area contributed by atoms with Gasteiger partial charge in [-0.05, 0) is 13.8 Å². The highest BCUT2D eigenvalue weighted by molar-refractivity contribution is 4.53. The van der Waals surface area contributed by atoms with Crippen molar-refractivity contribution in [2.24, 2.45) is 5.73 Å². The first-order valence-electron chi connectivity index (χ1n) is 3.71. The van der Waals surface area contributed by atoms with Crippen LogP contribution in [-0.2, 0) is 9.47 Å². The second-order valence-corrected chi connectivity index (χ2v) is 2.61. The molecule has 0 saturated heterocycles. The van der Waals surface area contributed by atoms with E-state index in [1.807, 2.05) is 0 Å². The summed E-state index contributed by atoms with van der Waals surface area (Å²) in [6.45, 7) is 4.83. The van der Waals surface area contributed by atoms with Crippen LogP contribution >= 0.6 is 0 Å². The largest absolute Gasteiger partial charge is 0.349 e. The molecule has 0 amide bonds. The summed E-state index contributed by atoms with van der Waals surface area (Å²) in [6, 6.07) is 0. The van der Waals surface area contributed by atoms with E-state index in [0.717, 1.165) is 0 Å². The molecule has 4 heteroatoms. The molecule has 0 aromatic carbocycles. The SMILES string of the molecule is CC(C)(OCC[N])OCCN. The Kier molecular flexibility index (Phi) is 5.41. The monoisotopic (exact) mass is 160 g/mol. The third-order valence-electron chi connectivity index (χ3n) is 1.11. The Morgan fingerprint density at radius 2 is 1.82 bits per heavy atom. The van der Waals surface area contributed by atoms with E-state index in [4.69, 9.17) is 20.9 Å². The quantitative estimate of drug-likeness (QED) is 0.546. The van der Waals surface area contributed by atoms with Gasteiger partial charge in [-0.1, -0.05) is 0 Å². The van der Waals surface area contributed by atoms with Crippen molar-refractivity contribution < 1.29 is 9.47 Å². The fraction of sp³-hybridized carbons (Fsp3) is 1.00. The molecule has 0 fully saturated rings. The molecule has 2 N–H and O–H groups in total. The van der Waals surface area contributed by atoms with Crippen molar-refractivity contribution in [1.29, 1.82) is 0 Å². The molecule has 0 bridgehead atoms. The summed E-state index contributed by atoms with van der Waals surface area (Å²) in [5, 5.41) is 0. The van der Waals surface area contributed by atoms with E-state index < -0.39 is 5.79 Å². The molecule has 66 valence electrons. The third kappa shape index (κ3) is 6.25. The van der Waals surface area contributed by atoms with Gasteiger partial charge in [0.05, 0.1) is 19.8 Å². The molecule has 0 saturated carbocycles. The third-order valence-corrected chi connectivity index (χ3v) is 1.11. The van der Waals surface area contributed by atoms with Crippen molar-refractivity contribution in [3.63, 3.8) is 0 Å². The van der Waals surface area contributed by atoms with Crippen LogP contribution in [0.4, 0.5) is 0 Å². The molecule has 0 unspecified atom stereocenters. The van der Waals surface area contributed by atoms with E-state index in [9.17, 15) is 0 Å². The highest BCUT2D eigenvalue weighted by Crippen LogP contribution is 2.09. The summed E-state index contributed by atoms with van der Waals surface area (Å²) in [4.78, 5) is 0. The maximum absolute atomic E-state index is 8.45. The van der Waals surface area contributed by atoms with Gasteiger partial charge in [0, 0.05) is 6.54 Å². The molecule has 4 nitrogen and oxygen atoms in total. The summed E-state index contributed by atoms with van der Waals surface area (Å²) < 4.78 is 10.4. The molecule has 0 aliphatic carbocycles. The van der Waals surface area contributed by atoms with Gasteiger partial charge in [-0.3, -0.25) is 0 Å². The molecular formula is C7H16N2O2. The Hall–Kier alpha value is -0.160. The molecule has 0 aliphatic heterocycles. The summed E-state index contributed by atoms with van der Waals surface area (Å²) in [6.07, 6.45) is 0. The highest BCUT2D eigenvalue weighted by atomic mass is 16.7. The van der Waals surface area contributed by atoms with Crippen molar-refractivity contribution >= 4 is 0 Å². The van der Waals surface area contributed by atoms with Crippen molar-refractivity contribution in [3.05, 3.63) is 0 Å². The van der Waals surface area contributed by atoms with Crippen LogP contribution in [0.25, 0.3) is 0 Å². The molecule has 2 radical (unpaired) electrons. The van der Waals surface area contributed by atoms with Crippen LogP contribution in [0, 0.1) is 0 Å². The van der Waals surface area contributed by atoms with Gasteiger partial charge in [-0.25, -0.2) is 0 Å². The molecule has 0 spiro atoms. The lowest BCUT2D eigenvalue weighted by Crippen LogP contribution is -2.31. The predicted octanol–water partition coefficient (Wildman–Crippen LogP) is -0.217. The Bertz CT molecular complexity index is 86.4. The van der Waals surface area contributed by atoms with Crippen molar-refractivity contribution in [3.8, 4) is 0 Å². The van der Waals surface area contributed by atoms with E-state index in [-0.39, 0.29) is 13.2 Å². The predicted molar refractivity (Wildman–Crippen MR) is 42.0 cm³/mol. The lowest BCUT2D eigenvalue weighted by atomic mass is 10.4. The number of hydrogen-bond donors (Lipinski definition) is 1. The lowest BCUT2D eigenvalue weighted by molar-refractivity contribution is -0.210. The molecule has 0 atom stereocenters. The van der Waals surface area contributed by atoms with Gasteiger partial charge in [0.2, 0.25) is 0 Å². The maximum atomic E-state index is 8.45. The zero-order chi connectivity index (χ0) is 8.74. The van der Waals surface area contributed by atoms with Gasteiger partial charge in [0.25, 0.3) is 0 Å². The van der Waals surface area contributed by atoms with Crippen LogP contribution in [0.1, 0.15) is 13.8 Å². The topological polar surface area (TPSA) is 66.8 Å². The first kappa shape index (κ1) is 10.8. The van der Waals surface area contributed by atoms with E-state index in [1.54, 1.807) is 13.8 Å². The first-order chi connectivity index (χ1) is 5.12. The first-order valence-corrected chi connectivity index (χ1v) is 3.71. The summed E-state index contributed by atoms with van der Waals surface area (Å²) >= 11 is 0. The average molecular weight is 160 g/mol. The highest BCUT2D eigenvalue weighted by Gasteiger charge is 2.17. The zero-order valence-corrected chi connectivity index (χ0v) is 7.17. The van der Waals surface area contributed by atoms with Crippen molar-refractivity contribution in [1.82, 2.24) is 5.73 Å². The van der Waals surface area contributed by atoms with Gasteiger partial charge in [-0.2, -0.15) is 0 Å². The summed E-state index contributed by atoms with van der Waals surface area (Å²) in [5.41, 5.74) is 13.7. The molecule has 11 heavy (non-hydrogen) atoms.